The highest BCUT2D eigenvalue weighted by Gasteiger charge is 2.31. The number of alkyl halides is 3. The van der Waals surface area contributed by atoms with E-state index in [4.69, 9.17) is 16.0 Å². The minimum Gasteiger partial charge on any atom is -0.406 e. The van der Waals surface area contributed by atoms with Crippen LogP contribution < -0.4 is 21.5 Å². The molecule has 0 amide bonds. The van der Waals surface area contributed by atoms with Gasteiger partial charge in [0.05, 0.1) is 6.54 Å². The van der Waals surface area contributed by atoms with Gasteiger partial charge in [0.2, 0.25) is 5.82 Å². The Morgan fingerprint density at radius 1 is 1.15 bits per heavy atom. The van der Waals surface area contributed by atoms with Crippen molar-refractivity contribution in [3.8, 4) is 28.7 Å². The van der Waals surface area contributed by atoms with Crippen LogP contribution in [0.4, 0.5) is 13.2 Å². The minimum absolute atomic E-state index is 0.161. The van der Waals surface area contributed by atoms with Gasteiger partial charge in [-0.1, -0.05) is 30.5 Å². The first-order chi connectivity index (χ1) is 19.1. The van der Waals surface area contributed by atoms with Crippen LogP contribution in [0.25, 0.3) is 23.0 Å². The standard InChI is InChI=1S/C28H30F3N7O2/c1-4-5-21(10-13-32)12-15-34-19(2)16-22(11-14-33)18-38-20(3)17-25(36-38)27-35-26(37-40-27)23-6-8-24(9-7-23)39-28(29,30)31/h4-11,13-14,16-17,34H,1-2,12,15,18,32-33H2,3H3/b13-10-,14-11-,21-5+,22-16+. The molecular formula is C28H30F3N7O2. The molecule has 0 aliphatic rings. The fraction of sp³-hybridized carbons (Fsp3) is 0.179. The molecule has 9 nitrogen and oxygen atoms in total. The number of benzene rings is 1. The second kappa shape index (κ2) is 13.7. The van der Waals surface area contributed by atoms with E-state index in [0.29, 0.717) is 30.0 Å². The van der Waals surface area contributed by atoms with E-state index in [2.05, 4.69) is 38.5 Å². The molecule has 210 valence electrons. The van der Waals surface area contributed by atoms with Crippen molar-refractivity contribution < 1.29 is 22.4 Å². The number of ether oxygens (including phenoxy) is 1. The molecule has 12 heteroatoms. The fourth-order valence-electron chi connectivity index (χ4n) is 3.61. The van der Waals surface area contributed by atoms with E-state index in [1.807, 2.05) is 25.2 Å². The summed E-state index contributed by atoms with van der Waals surface area (Å²) in [6, 6.07) is 6.94. The van der Waals surface area contributed by atoms with E-state index in [0.717, 1.165) is 23.3 Å². The largest absolute Gasteiger partial charge is 0.573 e. The SMILES string of the molecule is C=C/C=C(\C=C/N)CCNC(=C)/C=C(\C=C/N)Cn1nc(-c2nc(-c3ccc(OC(F)(F)F)cc3)no2)cc1C. The van der Waals surface area contributed by atoms with Gasteiger partial charge >= 0.3 is 6.36 Å². The smallest absolute Gasteiger partial charge is 0.406 e. The first-order valence-corrected chi connectivity index (χ1v) is 12.1. The summed E-state index contributed by atoms with van der Waals surface area (Å²) in [5, 5.41) is 11.8. The Kier molecular flexibility index (Phi) is 10.1. The van der Waals surface area contributed by atoms with Gasteiger partial charge in [-0.25, -0.2) is 0 Å². The molecule has 0 fully saturated rings. The molecule has 5 N–H and O–H groups in total. The van der Waals surface area contributed by atoms with Crippen molar-refractivity contribution in [1.29, 1.82) is 0 Å². The van der Waals surface area contributed by atoms with E-state index < -0.39 is 6.36 Å². The van der Waals surface area contributed by atoms with Crippen molar-refractivity contribution in [1.82, 2.24) is 25.2 Å². The molecule has 1 aromatic carbocycles. The lowest BCUT2D eigenvalue weighted by Crippen LogP contribution is -2.16. The molecule has 0 saturated heterocycles. The Balaban J connectivity index is 1.69. The van der Waals surface area contributed by atoms with Crippen LogP contribution in [0, 0.1) is 6.92 Å². The molecule has 2 aromatic heterocycles. The first kappa shape index (κ1) is 29.6. The predicted molar refractivity (Wildman–Crippen MR) is 147 cm³/mol. The van der Waals surface area contributed by atoms with E-state index in [9.17, 15) is 13.2 Å². The van der Waals surface area contributed by atoms with Crippen LogP contribution in [0.1, 0.15) is 12.1 Å². The molecule has 3 rings (SSSR count). The Hall–Kier alpha value is -5.00. The number of allylic oxidation sites excluding steroid dienone is 6. The lowest BCUT2D eigenvalue weighted by Gasteiger charge is -2.10. The molecule has 0 radical (unpaired) electrons. The van der Waals surface area contributed by atoms with Gasteiger partial charge in [0.1, 0.15) is 5.75 Å². The molecule has 0 saturated carbocycles. The van der Waals surface area contributed by atoms with Crippen LogP contribution in [0.2, 0.25) is 0 Å². The van der Waals surface area contributed by atoms with Gasteiger partial charge < -0.3 is 26.0 Å². The van der Waals surface area contributed by atoms with Crippen molar-refractivity contribution in [3.63, 3.8) is 0 Å². The maximum Gasteiger partial charge on any atom is 0.573 e. The number of hydrogen-bond acceptors (Lipinski definition) is 8. The quantitative estimate of drug-likeness (QED) is 0.244. The maximum absolute atomic E-state index is 12.4. The predicted octanol–water partition coefficient (Wildman–Crippen LogP) is 5.28. The third kappa shape index (κ3) is 8.79. The van der Waals surface area contributed by atoms with Crippen LogP contribution in [-0.2, 0) is 6.54 Å². The van der Waals surface area contributed by atoms with Crippen molar-refractivity contribution in [2.45, 2.75) is 26.3 Å². The van der Waals surface area contributed by atoms with Gasteiger partial charge in [-0.2, -0.15) is 10.1 Å². The summed E-state index contributed by atoms with van der Waals surface area (Å²) < 4.78 is 48.2. The number of halogens is 3. The van der Waals surface area contributed by atoms with E-state index in [1.165, 1.54) is 36.7 Å². The van der Waals surface area contributed by atoms with Gasteiger partial charge in [-0.3, -0.25) is 4.68 Å². The first-order valence-electron chi connectivity index (χ1n) is 12.1. The molecule has 0 atom stereocenters. The summed E-state index contributed by atoms with van der Waals surface area (Å²) in [5.41, 5.74) is 15.4. The second-order valence-electron chi connectivity index (χ2n) is 8.44. The number of aryl methyl sites for hydroxylation is 1. The zero-order chi connectivity index (χ0) is 29.1. The van der Waals surface area contributed by atoms with Gasteiger partial charge in [0.25, 0.3) is 5.89 Å². The van der Waals surface area contributed by atoms with E-state index >= 15 is 0 Å². The summed E-state index contributed by atoms with van der Waals surface area (Å²) >= 11 is 0. The zero-order valence-corrected chi connectivity index (χ0v) is 21.9. The van der Waals surface area contributed by atoms with Gasteiger partial charge in [0.15, 0.2) is 5.69 Å². The lowest BCUT2D eigenvalue weighted by molar-refractivity contribution is -0.274. The number of hydrogen-bond donors (Lipinski definition) is 3. The molecule has 0 bridgehead atoms. The Labute approximate surface area is 229 Å². The summed E-state index contributed by atoms with van der Waals surface area (Å²) in [6.45, 7) is 10.7. The second-order valence-corrected chi connectivity index (χ2v) is 8.44. The molecule has 0 unspecified atom stereocenters. The molecule has 0 spiro atoms. The normalized spacial score (nSPS) is 12.8. The van der Waals surface area contributed by atoms with Crippen LogP contribution in [0.3, 0.4) is 0 Å². The van der Waals surface area contributed by atoms with Crippen LogP contribution >= 0.6 is 0 Å². The monoisotopic (exact) mass is 553 g/mol. The summed E-state index contributed by atoms with van der Waals surface area (Å²) in [5.74, 6) is 0.0109. The molecule has 0 aliphatic carbocycles. The lowest BCUT2D eigenvalue weighted by atomic mass is 10.1. The Morgan fingerprint density at radius 3 is 2.50 bits per heavy atom. The van der Waals surface area contributed by atoms with E-state index in [-0.39, 0.29) is 17.5 Å². The average Bonchev–Trinajstić information content (AvgIpc) is 3.51. The van der Waals surface area contributed by atoms with Gasteiger partial charge in [0, 0.05) is 23.5 Å². The molecule has 2 heterocycles. The van der Waals surface area contributed by atoms with Crippen LogP contribution in [0.5, 0.6) is 5.75 Å². The molecule has 40 heavy (non-hydrogen) atoms. The van der Waals surface area contributed by atoms with Crippen molar-refractivity contribution in [3.05, 3.63) is 109 Å². The number of nitrogens with zero attached hydrogens (tertiary/aromatic N) is 4. The number of nitrogens with two attached hydrogens (primary N) is 2. The van der Waals surface area contributed by atoms with Crippen LogP contribution in [0.15, 0.2) is 108 Å². The van der Waals surface area contributed by atoms with Crippen molar-refractivity contribution >= 4 is 0 Å². The molecule has 3 aromatic rings. The number of aromatic nitrogens is 4. The summed E-state index contributed by atoms with van der Waals surface area (Å²) in [6.07, 6.45) is 7.92. The third-order valence-corrected chi connectivity index (χ3v) is 5.38. The highest BCUT2D eigenvalue weighted by molar-refractivity contribution is 5.59. The van der Waals surface area contributed by atoms with E-state index in [1.54, 1.807) is 22.9 Å². The summed E-state index contributed by atoms with van der Waals surface area (Å²) in [7, 11) is 0. The van der Waals surface area contributed by atoms with Crippen LogP contribution in [-0.4, -0.2) is 32.8 Å². The number of rotatable bonds is 13. The highest BCUT2D eigenvalue weighted by Crippen LogP contribution is 2.27. The zero-order valence-electron chi connectivity index (χ0n) is 21.9. The van der Waals surface area contributed by atoms with Gasteiger partial charge in [-0.15, -0.1) is 13.2 Å². The minimum atomic E-state index is -4.77. The Morgan fingerprint density at radius 2 is 1.85 bits per heavy atom. The average molecular weight is 554 g/mol. The van der Waals surface area contributed by atoms with Crippen molar-refractivity contribution in [2.24, 2.45) is 11.5 Å². The topological polar surface area (TPSA) is 130 Å². The van der Waals surface area contributed by atoms with Crippen molar-refractivity contribution in [2.75, 3.05) is 6.54 Å². The van der Waals surface area contributed by atoms with Gasteiger partial charge in [-0.05, 0) is 85.5 Å². The molecular weight excluding hydrogens is 523 g/mol. The Bertz CT molecular complexity index is 1430. The number of nitrogens with one attached hydrogen (secondary N) is 1. The fourth-order valence-corrected chi connectivity index (χ4v) is 3.61. The summed E-state index contributed by atoms with van der Waals surface area (Å²) in [4.78, 5) is 4.33. The third-order valence-electron chi connectivity index (χ3n) is 5.38. The molecule has 0 aliphatic heterocycles. The maximum atomic E-state index is 12.4. The highest BCUT2D eigenvalue weighted by atomic mass is 19.4.